The standard InChI is InChI=1S/C13H7BrFN/c14-11-5-6-12(13(15)7-11)10-3-1-9(8-16)2-4-10/h1-7H. The van der Waals surface area contributed by atoms with E-state index in [4.69, 9.17) is 5.26 Å². The number of rotatable bonds is 1. The molecule has 0 heterocycles. The Bertz CT molecular complexity index is 555. The van der Waals surface area contributed by atoms with Crippen LogP contribution in [0.25, 0.3) is 11.1 Å². The van der Waals surface area contributed by atoms with Gasteiger partial charge in [0, 0.05) is 10.0 Å². The van der Waals surface area contributed by atoms with Crippen molar-refractivity contribution in [3.63, 3.8) is 0 Å². The van der Waals surface area contributed by atoms with E-state index in [9.17, 15) is 4.39 Å². The van der Waals surface area contributed by atoms with Crippen LogP contribution in [0, 0.1) is 17.1 Å². The highest BCUT2D eigenvalue weighted by atomic mass is 79.9. The molecule has 0 bridgehead atoms. The molecule has 1 nitrogen and oxygen atoms in total. The quantitative estimate of drug-likeness (QED) is 0.768. The van der Waals surface area contributed by atoms with Gasteiger partial charge in [-0.15, -0.1) is 0 Å². The third-order valence-electron chi connectivity index (χ3n) is 2.26. The van der Waals surface area contributed by atoms with Crippen molar-refractivity contribution in [1.29, 1.82) is 5.26 Å². The Morgan fingerprint density at radius 2 is 1.75 bits per heavy atom. The first-order valence-electron chi connectivity index (χ1n) is 4.66. The highest BCUT2D eigenvalue weighted by Crippen LogP contribution is 2.25. The maximum absolute atomic E-state index is 13.6. The first-order chi connectivity index (χ1) is 7.70. The summed E-state index contributed by atoms with van der Waals surface area (Å²) in [7, 11) is 0. The van der Waals surface area contributed by atoms with Gasteiger partial charge in [-0.2, -0.15) is 5.26 Å². The molecule has 0 aliphatic heterocycles. The van der Waals surface area contributed by atoms with E-state index in [0.29, 0.717) is 15.6 Å². The lowest BCUT2D eigenvalue weighted by Gasteiger charge is -2.03. The Labute approximate surface area is 101 Å². The van der Waals surface area contributed by atoms with Crippen molar-refractivity contribution in [3.8, 4) is 17.2 Å². The second-order valence-corrected chi connectivity index (χ2v) is 4.23. The summed E-state index contributed by atoms with van der Waals surface area (Å²) in [4.78, 5) is 0. The summed E-state index contributed by atoms with van der Waals surface area (Å²) in [6.45, 7) is 0. The zero-order valence-corrected chi connectivity index (χ0v) is 9.83. The fourth-order valence-electron chi connectivity index (χ4n) is 1.45. The van der Waals surface area contributed by atoms with Crippen molar-refractivity contribution in [2.45, 2.75) is 0 Å². The van der Waals surface area contributed by atoms with Crippen LogP contribution >= 0.6 is 15.9 Å². The first-order valence-corrected chi connectivity index (χ1v) is 5.45. The van der Waals surface area contributed by atoms with E-state index in [0.717, 1.165) is 5.56 Å². The molecule has 16 heavy (non-hydrogen) atoms. The zero-order valence-electron chi connectivity index (χ0n) is 8.24. The molecule has 0 aliphatic carbocycles. The summed E-state index contributed by atoms with van der Waals surface area (Å²) >= 11 is 3.21. The monoisotopic (exact) mass is 275 g/mol. The minimum atomic E-state index is -0.279. The maximum Gasteiger partial charge on any atom is 0.132 e. The van der Waals surface area contributed by atoms with E-state index in [-0.39, 0.29) is 5.82 Å². The summed E-state index contributed by atoms with van der Waals surface area (Å²) in [6, 6.07) is 13.8. The van der Waals surface area contributed by atoms with Crippen LogP contribution in [-0.2, 0) is 0 Å². The van der Waals surface area contributed by atoms with E-state index in [2.05, 4.69) is 15.9 Å². The highest BCUT2D eigenvalue weighted by molar-refractivity contribution is 9.10. The van der Waals surface area contributed by atoms with Crippen LogP contribution in [0.1, 0.15) is 5.56 Å². The Balaban J connectivity index is 2.47. The van der Waals surface area contributed by atoms with Gasteiger partial charge in [0.05, 0.1) is 11.6 Å². The van der Waals surface area contributed by atoms with Crippen molar-refractivity contribution in [1.82, 2.24) is 0 Å². The number of halogens is 2. The SMILES string of the molecule is N#Cc1ccc(-c2ccc(Br)cc2F)cc1. The highest BCUT2D eigenvalue weighted by Gasteiger charge is 2.05. The molecule has 0 unspecified atom stereocenters. The van der Waals surface area contributed by atoms with Gasteiger partial charge in [0.1, 0.15) is 5.82 Å². The summed E-state index contributed by atoms with van der Waals surface area (Å²) in [5.41, 5.74) is 1.87. The van der Waals surface area contributed by atoms with Gasteiger partial charge in [0.25, 0.3) is 0 Å². The maximum atomic E-state index is 13.6. The van der Waals surface area contributed by atoms with Gasteiger partial charge in [-0.05, 0) is 29.8 Å². The summed E-state index contributed by atoms with van der Waals surface area (Å²) in [5, 5.41) is 8.66. The normalized spacial score (nSPS) is 9.81. The molecule has 0 spiro atoms. The van der Waals surface area contributed by atoms with Gasteiger partial charge in [0.2, 0.25) is 0 Å². The van der Waals surface area contributed by atoms with Crippen molar-refractivity contribution < 1.29 is 4.39 Å². The average molecular weight is 276 g/mol. The molecule has 0 radical (unpaired) electrons. The number of benzene rings is 2. The molecule has 78 valence electrons. The lowest BCUT2D eigenvalue weighted by atomic mass is 10.0. The van der Waals surface area contributed by atoms with Crippen molar-refractivity contribution in [2.24, 2.45) is 0 Å². The van der Waals surface area contributed by atoms with Crippen LogP contribution in [0.2, 0.25) is 0 Å². The van der Waals surface area contributed by atoms with Crippen LogP contribution in [0.5, 0.6) is 0 Å². The largest absolute Gasteiger partial charge is 0.206 e. The van der Waals surface area contributed by atoms with E-state index < -0.39 is 0 Å². The molecule has 2 aromatic rings. The lowest BCUT2D eigenvalue weighted by molar-refractivity contribution is 0.630. The van der Waals surface area contributed by atoms with Crippen LogP contribution in [0.3, 0.4) is 0 Å². The molecule has 0 fully saturated rings. The van der Waals surface area contributed by atoms with E-state index in [1.54, 1.807) is 36.4 Å². The summed E-state index contributed by atoms with van der Waals surface area (Å²) in [5.74, 6) is -0.279. The summed E-state index contributed by atoms with van der Waals surface area (Å²) < 4.78 is 14.3. The Morgan fingerprint density at radius 3 is 2.31 bits per heavy atom. The average Bonchev–Trinajstić information content (AvgIpc) is 2.29. The Hall–Kier alpha value is -1.66. The third kappa shape index (κ3) is 2.12. The minimum Gasteiger partial charge on any atom is -0.206 e. The number of hydrogen-bond donors (Lipinski definition) is 0. The van der Waals surface area contributed by atoms with Crippen LogP contribution < -0.4 is 0 Å². The molecular weight excluding hydrogens is 269 g/mol. The second kappa shape index (κ2) is 4.46. The van der Waals surface area contributed by atoms with Gasteiger partial charge in [-0.1, -0.05) is 34.1 Å². The van der Waals surface area contributed by atoms with Crippen molar-refractivity contribution in [3.05, 3.63) is 58.3 Å². The lowest BCUT2D eigenvalue weighted by Crippen LogP contribution is -1.84. The zero-order chi connectivity index (χ0) is 11.5. The summed E-state index contributed by atoms with van der Waals surface area (Å²) in [6.07, 6.45) is 0. The molecule has 0 N–H and O–H groups in total. The smallest absolute Gasteiger partial charge is 0.132 e. The van der Waals surface area contributed by atoms with E-state index >= 15 is 0 Å². The molecule has 0 aliphatic rings. The van der Waals surface area contributed by atoms with Gasteiger partial charge in [0.15, 0.2) is 0 Å². The predicted molar refractivity (Wildman–Crippen MR) is 64.3 cm³/mol. The fraction of sp³-hybridized carbons (Fsp3) is 0. The molecule has 3 heteroatoms. The molecule has 0 saturated carbocycles. The first kappa shape index (κ1) is 10.8. The molecular formula is C13H7BrFN. The second-order valence-electron chi connectivity index (χ2n) is 3.31. The number of nitriles is 1. The molecule has 2 rings (SSSR count). The van der Waals surface area contributed by atoms with Crippen LogP contribution in [0.4, 0.5) is 4.39 Å². The van der Waals surface area contributed by atoms with Crippen molar-refractivity contribution >= 4 is 15.9 Å². The van der Waals surface area contributed by atoms with E-state index in [1.165, 1.54) is 6.07 Å². The molecule has 2 aromatic carbocycles. The Morgan fingerprint density at radius 1 is 1.06 bits per heavy atom. The van der Waals surface area contributed by atoms with Crippen molar-refractivity contribution in [2.75, 3.05) is 0 Å². The topological polar surface area (TPSA) is 23.8 Å². The number of hydrogen-bond acceptors (Lipinski definition) is 1. The van der Waals surface area contributed by atoms with Gasteiger partial charge >= 0.3 is 0 Å². The van der Waals surface area contributed by atoms with Gasteiger partial charge < -0.3 is 0 Å². The molecule has 0 aromatic heterocycles. The molecule has 0 saturated heterocycles. The van der Waals surface area contributed by atoms with Gasteiger partial charge in [-0.25, -0.2) is 4.39 Å². The molecule has 0 atom stereocenters. The fourth-order valence-corrected chi connectivity index (χ4v) is 1.78. The van der Waals surface area contributed by atoms with Crippen LogP contribution in [0.15, 0.2) is 46.9 Å². The van der Waals surface area contributed by atoms with Crippen LogP contribution in [-0.4, -0.2) is 0 Å². The molecule has 0 amide bonds. The minimum absolute atomic E-state index is 0.279. The Kier molecular flexibility index (Phi) is 3.02. The predicted octanol–water partition coefficient (Wildman–Crippen LogP) is 4.13. The van der Waals surface area contributed by atoms with Gasteiger partial charge in [-0.3, -0.25) is 0 Å². The van der Waals surface area contributed by atoms with E-state index in [1.807, 2.05) is 6.07 Å². The third-order valence-corrected chi connectivity index (χ3v) is 2.75. The number of nitrogens with zero attached hydrogens (tertiary/aromatic N) is 1.